The quantitative estimate of drug-likeness (QED) is 0.173. The summed E-state index contributed by atoms with van der Waals surface area (Å²) in [7, 11) is 0. The summed E-state index contributed by atoms with van der Waals surface area (Å²) in [6.07, 6.45) is 1.66. The molecule has 0 spiro atoms. The van der Waals surface area contributed by atoms with Crippen molar-refractivity contribution in [1.29, 1.82) is 0 Å². The molecule has 0 bridgehead atoms. The number of hydrogen-bond donors (Lipinski definition) is 3. The third kappa shape index (κ3) is 7.34. The molecule has 0 radical (unpaired) electrons. The smallest absolute Gasteiger partial charge is 0.272 e. The minimum atomic E-state index is -0.457. The first kappa shape index (κ1) is 27.5. The first-order valence-electron chi connectivity index (χ1n) is 12.8. The van der Waals surface area contributed by atoms with Gasteiger partial charge in [-0.05, 0) is 72.7 Å². The van der Waals surface area contributed by atoms with Crippen molar-refractivity contribution in [2.75, 3.05) is 23.2 Å². The summed E-state index contributed by atoms with van der Waals surface area (Å²) in [6, 6.07) is 28.7. The van der Waals surface area contributed by atoms with Crippen LogP contribution in [0.25, 0.3) is 6.08 Å². The van der Waals surface area contributed by atoms with Gasteiger partial charge in [0.2, 0.25) is 12.7 Å². The van der Waals surface area contributed by atoms with Crippen LogP contribution < -0.4 is 25.4 Å². The highest BCUT2D eigenvalue weighted by Crippen LogP contribution is 2.34. The summed E-state index contributed by atoms with van der Waals surface area (Å²) in [4.78, 5) is 39.4. The zero-order chi connectivity index (χ0) is 28.6. The van der Waals surface area contributed by atoms with Crippen LogP contribution in [0.15, 0.2) is 108 Å². The number of hydrogen-bond acceptors (Lipinski definition) is 6. The molecule has 0 unspecified atom stereocenters. The SMILES string of the molecule is Cc1ccccc1/C=C(\NC(=O)c1ccccc1)C(=O)Nc1ccc(SCC(=O)Nc2ccc3c(c2)OCO3)cc1. The lowest BCUT2D eigenvalue weighted by Crippen LogP contribution is -2.30. The first-order chi connectivity index (χ1) is 19.9. The Labute approximate surface area is 241 Å². The van der Waals surface area contributed by atoms with Crippen LogP contribution in [0, 0.1) is 6.92 Å². The molecule has 3 N–H and O–H groups in total. The molecule has 1 heterocycles. The van der Waals surface area contributed by atoms with E-state index in [2.05, 4.69) is 16.0 Å². The molecular weight excluding hydrogens is 538 g/mol. The molecule has 0 fully saturated rings. The molecule has 3 amide bonds. The van der Waals surface area contributed by atoms with Crippen LogP contribution in [0.2, 0.25) is 0 Å². The van der Waals surface area contributed by atoms with E-state index in [1.807, 2.05) is 49.4 Å². The number of ether oxygens (including phenoxy) is 2. The number of thioether (sulfide) groups is 1. The van der Waals surface area contributed by atoms with E-state index in [0.717, 1.165) is 16.0 Å². The van der Waals surface area contributed by atoms with E-state index in [1.54, 1.807) is 60.7 Å². The molecule has 0 saturated carbocycles. The summed E-state index contributed by atoms with van der Waals surface area (Å²) >= 11 is 1.37. The van der Waals surface area contributed by atoms with Gasteiger partial charge in [-0.2, -0.15) is 0 Å². The monoisotopic (exact) mass is 565 g/mol. The Morgan fingerprint density at radius 3 is 2.29 bits per heavy atom. The maximum absolute atomic E-state index is 13.3. The Kier molecular flexibility index (Phi) is 8.66. The van der Waals surface area contributed by atoms with E-state index in [0.29, 0.717) is 28.4 Å². The van der Waals surface area contributed by atoms with E-state index < -0.39 is 5.91 Å². The standard InChI is InChI=1S/C32H27N3O5S/c1-21-7-5-6-10-23(21)17-27(35-31(37)22-8-3-2-4-9-22)32(38)34-24-11-14-26(15-12-24)41-19-30(36)33-25-13-16-28-29(18-25)40-20-39-28/h2-18H,19-20H2,1H3,(H,33,36)(H,34,38)(H,35,37)/b27-17-. The minimum absolute atomic E-state index is 0.117. The van der Waals surface area contributed by atoms with Crippen LogP contribution in [0.5, 0.6) is 11.5 Å². The molecule has 1 aliphatic heterocycles. The summed E-state index contributed by atoms with van der Waals surface area (Å²) in [5.41, 5.74) is 3.53. The number of aryl methyl sites for hydroxylation is 1. The maximum Gasteiger partial charge on any atom is 0.272 e. The van der Waals surface area contributed by atoms with E-state index in [1.165, 1.54) is 11.8 Å². The number of anilines is 2. The second kappa shape index (κ2) is 12.9. The van der Waals surface area contributed by atoms with Gasteiger partial charge in [0.15, 0.2) is 11.5 Å². The molecule has 4 aromatic rings. The molecule has 9 heteroatoms. The predicted molar refractivity (Wildman–Crippen MR) is 160 cm³/mol. The highest BCUT2D eigenvalue weighted by molar-refractivity contribution is 8.00. The zero-order valence-corrected chi connectivity index (χ0v) is 23.0. The number of rotatable bonds is 9. The van der Waals surface area contributed by atoms with Gasteiger partial charge in [0.1, 0.15) is 5.70 Å². The highest BCUT2D eigenvalue weighted by Gasteiger charge is 2.16. The third-order valence-corrected chi connectivity index (χ3v) is 7.17. The normalized spacial score (nSPS) is 12.0. The molecule has 0 saturated heterocycles. The van der Waals surface area contributed by atoms with E-state index >= 15 is 0 Å². The van der Waals surface area contributed by atoms with E-state index in [4.69, 9.17) is 9.47 Å². The van der Waals surface area contributed by atoms with Gasteiger partial charge >= 0.3 is 0 Å². The predicted octanol–water partition coefficient (Wildman–Crippen LogP) is 5.86. The third-order valence-electron chi connectivity index (χ3n) is 6.16. The molecule has 8 nitrogen and oxygen atoms in total. The van der Waals surface area contributed by atoms with Crippen molar-refractivity contribution in [2.24, 2.45) is 0 Å². The first-order valence-corrected chi connectivity index (χ1v) is 13.8. The largest absolute Gasteiger partial charge is 0.454 e. The Balaban J connectivity index is 1.21. The van der Waals surface area contributed by atoms with Crippen LogP contribution in [-0.4, -0.2) is 30.3 Å². The van der Waals surface area contributed by atoms with Crippen molar-refractivity contribution in [3.63, 3.8) is 0 Å². The van der Waals surface area contributed by atoms with Gasteiger partial charge in [-0.1, -0.05) is 42.5 Å². The van der Waals surface area contributed by atoms with Crippen LogP contribution in [0.3, 0.4) is 0 Å². The molecule has 1 aliphatic rings. The maximum atomic E-state index is 13.3. The average Bonchev–Trinajstić information content (AvgIpc) is 3.46. The minimum Gasteiger partial charge on any atom is -0.454 e. The van der Waals surface area contributed by atoms with Crippen molar-refractivity contribution >= 4 is 46.9 Å². The molecule has 206 valence electrons. The van der Waals surface area contributed by atoms with Crippen molar-refractivity contribution in [1.82, 2.24) is 5.32 Å². The lowest BCUT2D eigenvalue weighted by molar-refractivity contribution is -0.114. The Morgan fingerprint density at radius 1 is 0.805 bits per heavy atom. The van der Waals surface area contributed by atoms with Gasteiger partial charge in [0.25, 0.3) is 11.8 Å². The van der Waals surface area contributed by atoms with E-state index in [9.17, 15) is 14.4 Å². The summed E-state index contributed by atoms with van der Waals surface area (Å²) in [6.45, 7) is 2.11. The Bertz CT molecular complexity index is 1600. The fraction of sp³-hybridized carbons (Fsp3) is 0.0938. The van der Waals surface area contributed by atoms with Gasteiger partial charge in [0.05, 0.1) is 5.75 Å². The second-order valence-electron chi connectivity index (χ2n) is 9.12. The van der Waals surface area contributed by atoms with E-state index in [-0.39, 0.29) is 30.1 Å². The van der Waals surface area contributed by atoms with Crippen LogP contribution in [0.1, 0.15) is 21.5 Å². The molecule has 5 rings (SSSR count). The van der Waals surface area contributed by atoms with Crippen LogP contribution in [-0.2, 0) is 9.59 Å². The van der Waals surface area contributed by atoms with Crippen LogP contribution >= 0.6 is 11.8 Å². The molecule has 4 aromatic carbocycles. The van der Waals surface area contributed by atoms with Gasteiger partial charge in [-0.25, -0.2) is 0 Å². The lowest BCUT2D eigenvalue weighted by Gasteiger charge is -2.12. The summed E-state index contributed by atoms with van der Waals surface area (Å²) in [5.74, 6) is 0.457. The number of carbonyl (C=O) groups excluding carboxylic acids is 3. The molecular formula is C32H27N3O5S. The van der Waals surface area contributed by atoms with Gasteiger partial charge in [0, 0.05) is 27.9 Å². The van der Waals surface area contributed by atoms with Crippen molar-refractivity contribution < 1.29 is 23.9 Å². The van der Waals surface area contributed by atoms with Crippen molar-refractivity contribution in [3.8, 4) is 11.5 Å². The van der Waals surface area contributed by atoms with Gasteiger partial charge < -0.3 is 25.4 Å². The number of carbonyl (C=O) groups is 3. The number of benzene rings is 4. The fourth-order valence-corrected chi connectivity index (χ4v) is 4.70. The molecule has 0 atom stereocenters. The average molecular weight is 566 g/mol. The zero-order valence-electron chi connectivity index (χ0n) is 22.2. The summed E-state index contributed by atoms with van der Waals surface area (Å²) < 4.78 is 10.6. The van der Waals surface area contributed by atoms with Crippen molar-refractivity contribution in [2.45, 2.75) is 11.8 Å². The fourth-order valence-electron chi connectivity index (χ4n) is 4.00. The Hall–Kier alpha value is -5.02. The number of amides is 3. The highest BCUT2D eigenvalue weighted by atomic mass is 32.2. The number of nitrogens with one attached hydrogen (secondary N) is 3. The topological polar surface area (TPSA) is 106 Å². The second-order valence-corrected chi connectivity index (χ2v) is 10.2. The lowest BCUT2D eigenvalue weighted by atomic mass is 10.1. The Morgan fingerprint density at radius 2 is 1.51 bits per heavy atom. The molecule has 0 aromatic heterocycles. The van der Waals surface area contributed by atoms with Gasteiger partial charge in [-0.15, -0.1) is 11.8 Å². The van der Waals surface area contributed by atoms with Gasteiger partial charge in [-0.3, -0.25) is 14.4 Å². The molecule has 0 aliphatic carbocycles. The number of fused-ring (bicyclic) bond motifs is 1. The van der Waals surface area contributed by atoms with Crippen molar-refractivity contribution in [3.05, 3.63) is 119 Å². The van der Waals surface area contributed by atoms with Crippen LogP contribution in [0.4, 0.5) is 11.4 Å². The summed E-state index contributed by atoms with van der Waals surface area (Å²) in [5, 5.41) is 8.45. The molecule has 41 heavy (non-hydrogen) atoms.